The van der Waals surface area contributed by atoms with Gasteiger partial charge in [0.1, 0.15) is 6.04 Å². The number of carbonyl (C=O) groups excluding carboxylic acids is 2. The van der Waals surface area contributed by atoms with Crippen molar-refractivity contribution in [3.05, 3.63) is 35.4 Å². The number of rotatable bonds is 2. The fourth-order valence-corrected chi connectivity index (χ4v) is 3.69. The summed E-state index contributed by atoms with van der Waals surface area (Å²) in [7, 11) is 0. The number of hydrogen-bond acceptors (Lipinski definition) is 2. The van der Waals surface area contributed by atoms with Gasteiger partial charge >= 0.3 is 0 Å². The average Bonchev–Trinajstić information content (AvgIpc) is 3.24. The highest BCUT2D eigenvalue weighted by molar-refractivity contribution is 5.90. The minimum absolute atomic E-state index is 0.0262. The van der Waals surface area contributed by atoms with E-state index in [2.05, 4.69) is 29.6 Å². The smallest absolute Gasteiger partial charge is 0.245 e. The third kappa shape index (κ3) is 2.33. The van der Waals surface area contributed by atoms with Gasteiger partial charge in [-0.2, -0.15) is 0 Å². The van der Waals surface area contributed by atoms with Crippen LogP contribution in [-0.2, 0) is 22.4 Å². The molecule has 0 radical (unpaired) electrons. The minimum atomic E-state index is -0.274. The maximum atomic E-state index is 12.8. The molecule has 21 heavy (non-hydrogen) atoms. The highest BCUT2D eigenvalue weighted by atomic mass is 16.2. The number of fused-ring (bicyclic) bond motifs is 1. The molecule has 1 unspecified atom stereocenters. The van der Waals surface area contributed by atoms with Gasteiger partial charge in [-0.05, 0) is 42.7 Å². The van der Waals surface area contributed by atoms with E-state index in [-0.39, 0.29) is 23.9 Å². The molecule has 2 amide bonds. The van der Waals surface area contributed by atoms with E-state index < -0.39 is 0 Å². The van der Waals surface area contributed by atoms with E-state index in [0.717, 1.165) is 25.7 Å². The summed E-state index contributed by atoms with van der Waals surface area (Å²) in [5, 5.41) is 2.94. The molecule has 4 heteroatoms. The molecule has 1 atom stereocenters. The van der Waals surface area contributed by atoms with E-state index in [1.165, 1.54) is 11.1 Å². The fourth-order valence-electron chi connectivity index (χ4n) is 3.69. The second-order valence-electron chi connectivity index (χ2n) is 6.50. The molecule has 1 saturated carbocycles. The number of carbonyl (C=O) groups is 2. The fraction of sp³-hybridized carbons (Fsp3) is 0.529. The third-order valence-corrected chi connectivity index (χ3v) is 5.01. The van der Waals surface area contributed by atoms with Gasteiger partial charge in [0, 0.05) is 19.0 Å². The molecule has 1 aromatic rings. The van der Waals surface area contributed by atoms with Crippen molar-refractivity contribution in [2.24, 2.45) is 5.92 Å². The molecule has 1 aromatic carbocycles. The zero-order chi connectivity index (χ0) is 14.4. The Balaban J connectivity index is 1.56. The lowest BCUT2D eigenvalue weighted by Gasteiger charge is -2.29. The van der Waals surface area contributed by atoms with Crippen LogP contribution in [0.25, 0.3) is 0 Å². The highest BCUT2D eigenvalue weighted by Crippen LogP contribution is 2.35. The van der Waals surface area contributed by atoms with Crippen LogP contribution in [0.1, 0.15) is 30.4 Å². The Morgan fingerprint density at radius 3 is 2.33 bits per heavy atom. The number of nitrogens with zero attached hydrogens (tertiary/aromatic N) is 1. The summed E-state index contributed by atoms with van der Waals surface area (Å²) < 4.78 is 0. The van der Waals surface area contributed by atoms with Gasteiger partial charge in [0.25, 0.3) is 0 Å². The third-order valence-electron chi connectivity index (χ3n) is 5.01. The molecule has 2 aliphatic carbocycles. The van der Waals surface area contributed by atoms with E-state index in [0.29, 0.717) is 18.9 Å². The van der Waals surface area contributed by atoms with Gasteiger partial charge in [-0.3, -0.25) is 9.59 Å². The van der Waals surface area contributed by atoms with Crippen molar-refractivity contribution in [1.29, 1.82) is 0 Å². The molecular formula is C17H20N2O2. The Kier molecular flexibility index (Phi) is 2.98. The van der Waals surface area contributed by atoms with Gasteiger partial charge in [-0.25, -0.2) is 0 Å². The predicted molar refractivity (Wildman–Crippen MR) is 78.6 cm³/mol. The standard InChI is InChI=1S/C17H20N2O2/c20-15-7-8-19(17(21)16(18-15)11-5-6-11)14-9-12-3-1-2-4-13(12)10-14/h1-4,11,14,16H,5-10H2,(H,18,20). The SMILES string of the molecule is O=C1CCN(C2Cc3ccccc3C2)C(=O)C(C2CC2)N1. The molecule has 0 aromatic heterocycles. The first-order valence-electron chi connectivity index (χ1n) is 7.89. The minimum Gasteiger partial charge on any atom is -0.344 e. The van der Waals surface area contributed by atoms with Crippen molar-refractivity contribution in [2.75, 3.05) is 6.54 Å². The molecule has 1 heterocycles. The summed E-state index contributed by atoms with van der Waals surface area (Å²) in [4.78, 5) is 26.7. The lowest BCUT2D eigenvalue weighted by atomic mass is 10.1. The van der Waals surface area contributed by atoms with E-state index in [1.807, 2.05) is 4.90 Å². The molecule has 110 valence electrons. The molecule has 0 bridgehead atoms. The van der Waals surface area contributed by atoms with Crippen molar-refractivity contribution in [3.8, 4) is 0 Å². The van der Waals surface area contributed by atoms with Crippen molar-refractivity contribution < 1.29 is 9.59 Å². The molecule has 2 fully saturated rings. The number of benzene rings is 1. The molecule has 1 saturated heterocycles. The molecule has 4 nitrogen and oxygen atoms in total. The summed E-state index contributed by atoms with van der Waals surface area (Å²) in [6, 6.07) is 8.37. The first kappa shape index (κ1) is 12.9. The first-order chi connectivity index (χ1) is 10.2. The predicted octanol–water partition coefficient (Wildman–Crippen LogP) is 1.28. The lowest BCUT2D eigenvalue weighted by molar-refractivity contribution is -0.136. The summed E-state index contributed by atoms with van der Waals surface area (Å²) in [6.07, 6.45) is 4.41. The number of amides is 2. The van der Waals surface area contributed by atoms with Crippen molar-refractivity contribution >= 4 is 11.8 Å². The second-order valence-corrected chi connectivity index (χ2v) is 6.50. The Morgan fingerprint density at radius 1 is 1.05 bits per heavy atom. The molecule has 4 rings (SSSR count). The zero-order valence-electron chi connectivity index (χ0n) is 12.0. The van der Waals surface area contributed by atoms with E-state index in [4.69, 9.17) is 0 Å². The van der Waals surface area contributed by atoms with Gasteiger partial charge in [-0.15, -0.1) is 0 Å². The number of nitrogens with one attached hydrogen (secondary N) is 1. The van der Waals surface area contributed by atoms with Crippen LogP contribution in [0.5, 0.6) is 0 Å². The van der Waals surface area contributed by atoms with Crippen LogP contribution in [0.4, 0.5) is 0 Å². The van der Waals surface area contributed by atoms with E-state index in [1.54, 1.807) is 0 Å². The zero-order valence-corrected chi connectivity index (χ0v) is 12.0. The van der Waals surface area contributed by atoms with Gasteiger partial charge in [0.2, 0.25) is 11.8 Å². The molecule has 3 aliphatic rings. The van der Waals surface area contributed by atoms with Crippen LogP contribution in [0, 0.1) is 5.92 Å². The van der Waals surface area contributed by atoms with Crippen LogP contribution in [0.15, 0.2) is 24.3 Å². The lowest BCUT2D eigenvalue weighted by Crippen LogP contribution is -2.49. The Hall–Kier alpha value is -1.84. The summed E-state index contributed by atoms with van der Waals surface area (Å²) in [5.74, 6) is 0.533. The average molecular weight is 284 g/mol. The van der Waals surface area contributed by atoms with Gasteiger partial charge in [0.15, 0.2) is 0 Å². The van der Waals surface area contributed by atoms with Crippen molar-refractivity contribution in [3.63, 3.8) is 0 Å². The van der Waals surface area contributed by atoms with Gasteiger partial charge in [0.05, 0.1) is 0 Å². The van der Waals surface area contributed by atoms with Gasteiger partial charge < -0.3 is 10.2 Å². The molecule has 1 aliphatic heterocycles. The Labute approximate surface area is 124 Å². The van der Waals surface area contributed by atoms with Gasteiger partial charge in [-0.1, -0.05) is 24.3 Å². The normalized spacial score (nSPS) is 26.5. The molecule has 0 spiro atoms. The molecular weight excluding hydrogens is 264 g/mol. The van der Waals surface area contributed by atoms with E-state index >= 15 is 0 Å². The summed E-state index contributed by atoms with van der Waals surface area (Å²) in [5.41, 5.74) is 2.70. The second kappa shape index (κ2) is 4.86. The number of hydrogen-bond donors (Lipinski definition) is 1. The monoisotopic (exact) mass is 284 g/mol. The summed E-state index contributed by atoms with van der Waals surface area (Å²) in [6.45, 7) is 0.562. The van der Waals surface area contributed by atoms with E-state index in [9.17, 15) is 9.59 Å². The molecule has 1 N–H and O–H groups in total. The van der Waals surface area contributed by atoms with Crippen LogP contribution < -0.4 is 5.32 Å². The van der Waals surface area contributed by atoms with Crippen molar-refractivity contribution in [1.82, 2.24) is 10.2 Å². The first-order valence-corrected chi connectivity index (χ1v) is 7.89. The maximum Gasteiger partial charge on any atom is 0.245 e. The Bertz CT molecular complexity index is 569. The highest BCUT2D eigenvalue weighted by Gasteiger charge is 2.43. The van der Waals surface area contributed by atoms with Crippen molar-refractivity contribution in [2.45, 2.75) is 44.2 Å². The van der Waals surface area contributed by atoms with Crippen LogP contribution in [0.2, 0.25) is 0 Å². The van der Waals surface area contributed by atoms with Crippen LogP contribution in [0.3, 0.4) is 0 Å². The summed E-state index contributed by atoms with van der Waals surface area (Å²) >= 11 is 0. The maximum absolute atomic E-state index is 12.8. The quantitative estimate of drug-likeness (QED) is 0.889. The van der Waals surface area contributed by atoms with Crippen LogP contribution in [-0.4, -0.2) is 35.3 Å². The Morgan fingerprint density at radius 2 is 1.71 bits per heavy atom. The topological polar surface area (TPSA) is 49.4 Å². The van der Waals surface area contributed by atoms with Crippen LogP contribution >= 0.6 is 0 Å². The largest absolute Gasteiger partial charge is 0.344 e.